The number of rotatable bonds is 6. The molecule has 3 heterocycles. The lowest BCUT2D eigenvalue weighted by atomic mass is 10.1. The zero-order valence-electron chi connectivity index (χ0n) is 22.6. The van der Waals surface area contributed by atoms with Crippen LogP contribution >= 0.6 is 11.8 Å². The number of hydrogen-bond donors (Lipinski definition) is 1. The quantitative estimate of drug-likeness (QED) is 0.227. The Bertz CT molecular complexity index is 1960. The first-order valence-corrected chi connectivity index (χ1v) is 14.3. The molecule has 208 valence electrons. The second-order valence-corrected chi connectivity index (χ2v) is 11.2. The summed E-state index contributed by atoms with van der Waals surface area (Å²) in [5, 5.41) is 5.68. The predicted octanol–water partition coefficient (Wildman–Crippen LogP) is 6.71. The normalized spacial score (nSPS) is 15.4. The highest BCUT2D eigenvalue weighted by atomic mass is 32.2. The fraction of sp³-hybridized carbons (Fsp3) is 0.121. The fourth-order valence-corrected chi connectivity index (χ4v) is 6.27. The first kappa shape index (κ1) is 25.9. The molecule has 1 aromatic heterocycles. The summed E-state index contributed by atoms with van der Waals surface area (Å²) in [6.45, 7) is 2.35. The van der Waals surface area contributed by atoms with Crippen molar-refractivity contribution in [1.82, 2.24) is 9.47 Å². The summed E-state index contributed by atoms with van der Waals surface area (Å²) in [6, 6.07) is 26.9. The van der Waals surface area contributed by atoms with Crippen LogP contribution in [0.1, 0.15) is 16.8 Å². The van der Waals surface area contributed by atoms with E-state index in [9.17, 15) is 14.4 Å². The lowest BCUT2D eigenvalue weighted by Gasteiger charge is -2.13. The van der Waals surface area contributed by atoms with Crippen LogP contribution < -0.4 is 14.8 Å². The van der Waals surface area contributed by atoms with Crippen molar-refractivity contribution in [3.63, 3.8) is 0 Å². The van der Waals surface area contributed by atoms with Gasteiger partial charge in [-0.3, -0.25) is 19.3 Å². The van der Waals surface area contributed by atoms with Crippen LogP contribution in [0.3, 0.4) is 0 Å². The Kier molecular flexibility index (Phi) is 6.43. The van der Waals surface area contributed by atoms with Crippen LogP contribution in [0.5, 0.6) is 11.5 Å². The molecule has 1 fully saturated rings. The molecular weight excluding hydrogens is 550 g/mol. The van der Waals surface area contributed by atoms with E-state index in [1.807, 2.05) is 78.2 Å². The Morgan fingerprint density at radius 2 is 1.71 bits per heavy atom. The van der Waals surface area contributed by atoms with E-state index in [0.29, 0.717) is 22.1 Å². The molecule has 1 N–H and O–H groups in total. The number of thioether (sulfide) groups is 1. The minimum Gasteiger partial charge on any atom is -0.454 e. The molecule has 0 atom stereocenters. The first-order chi connectivity index (χ1) is 20.4. The van der Waals surface area contributed by atoms with E-state index in [1.54, 1.807) is 24.3 Å². The molecule has 2 aliphatic rings. The number of benzene rings is 4. The molecule has 7 rings (SSSR count). The van der Waals surface area contributed by atoms with Crippen LogP contribution in [0, 0.1) is 6.92 Å². The number of nitrogens with one attached hydrogen (secondary N) is 1. The van der Waals surface area contributed by atoms with Crippen LogP contribution in [0.4, 0.5) is 10.5 Å². The van der Waals surface area contributed by atoms with Gasteiger partial charge >= 0.3 is 0 Å². The van der Waals surface area contributed by atoms with Gasteiger partial charge in [-0.25, -0.2) is 0 Å². The Morgan fingerprint density at radius 1 is 0.929 bits per heavy atom. The third kappa shape index (κ3) is 4.67. The molecule has 3 amide bonds. The van der Waals surface area contributed by atoms with E-state index in [1.165, 1.54) is 4.90 Å². The number of fused-ring (bicyclic) bond motifs is 3. The minimum atomic E-state index is -0.324. The van der Waals surface area contributed by atoms with Crippen molar-refractivity contribution >= 4 is 62.3 Å². The van der Waals surface area contributed by atoms with Gasteiger partial charge in [0, 0.05) is 33.9 Å². The monoisotopic (exact) mass is 575 g/mol. The smallest absolute Gasteiger partial charge is 0.293 e. The number of ether oxygens (including phenoxy) is 2. The zero-order valence-corrected chi connectivity index (χ0v) is 23.4. The number of hydrogen-bond acceptors (Lipinski definition) is 6. The topological polar surface area (TPSA) is 89.9 Å². The number of imide groups is 1. The van der Waals surface area contributed by atoms with E-state index in [2.05, 4.69) is 5.32 Å². The SMILES string of the molecule is Cc1c(/C=C2\SC(=O)N(Cc3ccc4ccccc4c3)C2=O)c2ccccc2n1CC(=O)Nc1ccc2c(c1)OCO2. The molecule has 0 saturated carbocycles. The third-order valence-corrected chi connectivity index (χ3v) is 8.45. The van der Waals surface area contributed by atoms with Gasteiger partial charge in [0.2, 0.25) is 12.7 Å². The minimum absolute atomic E-state index is 0.0675. The molecule has 0 aliphatic carbocycles. The number of anilines is 1. The predicted molar refractivity (Wildman–Crippen MR) is 163 cm³/mol. The van der Waals surface area contributed by atoms with Gasteiger partial charge in [0.15, 0.2) is 11.5 Å². The van der Waals surface area contributed by atoms with E-state index < -0.39 is 0 Å². The Hall–Kier alpha value is -5.02. The molecule has 5 aromatic rings. The summed E-state index contributed by atoms with van der Waals surface area (Å²) in [4.78, 5) is 41.1. The average Bonchev–Trinajstić information content (AvgIpc) is 3.65. The fourth-order valence-electron chi connectivity index (χ4n) is 5.45. The van der Waals surface area contributed by atoms with Crippen molar-refractivity contribution in [2.45, 2.75) is 20.0 Å². The zero-order chi connectivity index (χ0) is 28.8. The standard InChI is InChI=1S/C33H25N3O5S/c1-20-26(16-30-32(38)36(33(39)42-30)17-21-10-11-22-6-2-3-7-23(22)14-21)25-8-4-5-9-27(25)35(20)18-31(37)34-24-12-13-28-29(15-24)41-19-40-28/h2-16H,17-19H2,1H3,(H,34,37)/b30-16-. The lowest BCUT2D eigenvalue weighted by molar-refractivity contribution is -0.123. The van der Waals surface area contributed by atoms with Crippen LogP contribution in [0.15, 0.2) is 89.8 Å². The summed E-state index contributed by atoms with van der Waals surface area (Å²) in [7, 11) is 0. The van der Waals surface area contributed by atoms with E-state index >= 15 is 0 Å². The number of amides is 3. The Morgan fingerprint density at radius 3 is 2.60 bits per heavy atom. The number of carbonyl (C=O) groups excluding carboxylic acids is 3. The molecule has 2 aliphatic heterocycles. The second kappa shape index (κ2) is 10.4. The first-order valence-electron chi connectivity index (χ1n) is 13.4. The van der Waals surface area contributed by atoms with Crippen molar-refractivity contribution in [2.24, 2.45) is 0 Å². The van der Waals surface area contributed by atoms with Crippen molar-refractivity contribution in [3.8, 4) is 11.5 Å². The highest BCUT2D eigenvalue weighted by molar-refractivity contribution is 8.18. The third-order valence-electron chi connectivity index (χ3n) is 7.54. The van der Waals surface area contributed by atoms with Gasteiger partial charge in [-0.1, -0.05) is 54.6 Å². The molecule has 8 nitrogen and oxygen atoms in total. The summed E-state index contributed by atoms with van der Waals surface area (Å²) in [6.07, 6.45) is 1.77. The molecule has 0 spiro atoms. The molecule has 0 unspecified atom stereocenters. The lowest BCUT2D eigenvalue weighted by Crippen LogP contribution is -2.27. The molecule has 1 saturated heterocycles. The van der Waals surface area contributed by atoms with Crippen molar-refractivity contribution in [2.75, 3.05) is 12.1 Å². The van der Waals surface area contributed by atoms with Gasteiger partial charge in [0.1, 0.15) is 6.54 Å². The second-order valence-electron chi connectivity index (χ2n) is 10.2. The Labute approximate surface area is 245 Å². The molecule has 9 heteroatoms. The maximum Gasteiger partial charge on any atom is 0.293 e. The maximum absolute atomic E-state index is 13.4. The van der Waals surface area contributed by atoms with E-state index in [-0.39, 0.29) is 36.9 Å². The average molecular weight is 576 g/mol. The van der Waals surface area contributed by atoms with Gasteiger partial charge in [0.05, 0.1) is 11.4 Å². The highest BCUT2D eigenvalue weighted by Gasteiger charge is 2.35. The number of nitrogens with zero attached hydrogens (tertiary/aromatic N) is 2. The molecule has 0 radical (unpaired) electrons. The van der Waals surface area contributed by atoms with Crippen molar-refractivity contribution in [1.29, 1.82) is 0 Å². The van der Waals surface area contributed by atoms with Crippen molar-refractivity contribution < 1.29 is 23.9 Å². The van der Waals surface area contributed by atoms with Crippen LogP contribution in [0.25, 0.3) is 27.8 Å². The molecule has 0 bridgehead atoms. The van der Waals surface area contributed by atoms with E-state index in [0.717, 1.165) is 50.3 Å². The van der Waals surface area contributed by atoms with Crippen LogP contribution in [-0.4, -0.2) is 33.3 Å². The van der Waals surface area contributed by atoms with Crippen molar-refractivity contribution in [3.05, 3.63) is 107 Å². The summed E-state index contributed by atoms with van der Waals surface area (Å²) < 4.78 is 12.7. The van der Waals surface area contributed by atoms with Gasteiger partial charge in [-0.05, 0) is 65.4 Å². The Balaban J connectivity index is 1.15. The molecular formula is C33H25N3O5S. The van der Waals surface area contributed by atoms with Crippen LogP contribution in [-0.2, 0) is 22.7 Å². The number of aromatic nitrogens is 1. The number of para-hydroxylation sites is 1. The number of carbonyl (C=O) groups is 3. The van der Waals surface area contributed by atoms with E-state index in [4.69, 9.17) is 9.47 Å². The summed E-state index contributed by atoms with van der Waals surface area (Å²) >= 11 is 0.939. The molecule has 42 heavy (non-hydrogen) atoms. The van der Waals surface area contributed by atoms with Gasteiger partial charge in [0.25, 0.3) is 11.1 Å². The molecule has 4 aromatic carbocycles. The maximum atomic E-state index is 13.4. The summed E-state index contributed by atoms with van der Waals surface area (Å²) in [5.41, 5.74) is 3.98. The van der Waals surface area contributed by atoms with Gasteiger partial charge in [-0.2, -0.15) is 0 Å². The highest BCUT2D eigenvalue weighted by Crippen LogP contribution is 2.37. The largest absolute Gasteiger partial charge is 0.454 e. The van der Waals surface area contributed by atoms with Gasteiger partial charge in [-0.15, -0.1) is 0 Å². The van der Waals surface area contributed by atoms with Gasteiger partial charge < -0.3 is 19.4 Å². The summed E-state index contributed by atoms with van der Waals surface area (Å²) in [5.74, 6) is 0.703. The van der Waals surface area contributed by atoms with Crippen LogP contribution in [0.2, 0.25) is 0 Å².